The van der Waals surface area contributed by atoms with Crippen LogP contribution in [-0.2, 0) is 0 Å². The van der Waals surface area contributed by atoms with Crippen LogP contribution in [-0.4, -0.2) is 4.98 Å². The van der Waals surface area contributed by atoms with Gasteiger partial charge in [0.05, 0.1) is 0 Å². The minimum atomic E-state index is 0.940. The van der Waals surface area contributed by atoms with Crippen molar-refractivity contribution in [1.82, 2.24) is 4.98 Å². The molecule has 5 aromatic rings. The van der Waals surface area contributed by atoms with Gasteiger partial charge in [0.15, 0.2) is 0 Å². The summed E-state index contributed by atoms with van der Waals surface area (Å²) in [5.41, 5.74) is 4.37. The van der Waals surface area contributed by atoms with Gasteiger partial charge in [-0.15, -0.1) is 0 Å². The zero-order valence-corrected chi connectivity index (χ0v) is 13.4. The number of benzene rings is 3. The second kappa shape index (κ2) is 4.40. The van der Waals surface area contributed by atoms with E-state index in [1.807, 2.05) is 24.4 Å². The molecule has 0 N–H and O–H groups in total. The molecular weight excluding hydrogens is 314 g/mol. The Hall–Kier alpha value is -2.78. The second-order valence-electron chi connectivity index (χ2n) is 6.04. The van der Waals surface area contributed by atoms with Gasteiger partial charge in [-0.05, 0) is 29.8 Å². The molecule has 0 spiro atoms. The molecule has 6 rings (SSSR count). The van der Waals surface area contributed by atoms with E-state index in [4.69, 9.17) is 4.42 Å². The maximum Gasteiger partial charge on any atom is 0.143 e. The topological polar surface area (TPSA) is 26.0 Å². The van der Waals surface area contributed by atoms with Crippen molar-refractivity contribution in [3.05, 3.63) is 66.9 Å². The van der Waals surface area contributed by atoms with Crippen LogP contribution in [0.1, 0.15) is 0 Å². The Balaban J connectivity index is 1.91. The van der Waals surface area contributed by atoms with Gasteiger partial charge in [0.1, 0.15) is 16.2 Å². The zero-order valence-electron chi connectivity index (χ0n) is 12.6. The predicted molar refractivity (Wildman–Crippen MR) is 98.6 cm³/mol. The molecule has 112 valence electrons. The van der Waals surface area contributed by atoms with E-state index in [2.05, 4.69) is 47.4 Å². The van der Waals surface area contributed by atoms with Gasteiger partial charge in [-0.2, -0.15) is 0 Å². The first kappa shape index (κ1) is 12.6. The third-order valence-electron chi connectivity index (χ3n) is 4.73. The first-order chi connectivity index (χ1) is 11.9. The molecule has 0 saturated heterocycles. The smallest absolute Gasteiger partial charge is 0.143 e. The van der Waals surface area contributed by atoms with Gasteiger partial charge in [0, 0.05) is 38.2 Å². The van der Waals surface area contributed by atoms with Crippen LogP contribution < -0.4 is 0 Å². The number of fused-ring (bicyclic) bond motifs is 6. The number of pyridine rings is 1. The lowest BCUT2D eigenvalue weighted by atomic mass is 9.96. The molecule has 0 unspecified atom stereocenters. The summed E-state index contributed by atoms with van der Waals surface area (Å²) >= 11 is 1.74. The molecule has 1 aliphatic heterocycles. The number of hydrogen-bond donors (Lipinski definition) is 0. The average Bonchev–Trinajstić information content (AvgIpc) is 3.01. The van der Waals surface area contributed by atoms with Gasteiger partial charge in [-0.3, -0.25) is 0 Å². The molecule has 24 heavy (non-hydrogen) atoms. The Bertz CT molecular complexity index is 1290. The quantitative estimate of drug-likeness (QED) is 0.329. The highest BCUT2D eigenvalue weighted by atomic mass is 32.2. The number of furan rings is 1. The van der Waals surface area contributed by atoms with E-state index >= 15 is 0 Å². The summed E-state index contributed by atoms with van der Waals surface area (Å²) in [6.07, 6.45) is 1.86. The van der Waals surface area contributed by atoms with Crippen LogP contribution in [0, 0.1) is 0 Å². The summed E-state index contributed by atoms with van der Waals surface area (Å²) in [5, 5.41) is 5.86. The van der Waals surface area contributed by atoms with Gasteiger partial charge in [-0.1, -0.05) is 48.2 Å². The molecule has 2 aromatic heterocycles. The fourth-order valence-electron chi connectivity index (χ4n) is 3.70. The van der Waals surface area contributed by atoms with Crippen LogP contribution in [0.3, 0.4) is 0 Å². The van der Waals surface area contributed by atoms with Crippen LogP contribution in [0.15, 0.2) is 81.2 Å². The number of para-hydroxylation sites is 1. The summed E-state index contributed by atoms with van der Waals surface area (Å²) in [7, 11) is 0. The van der Waals surface area contributed by atoms with Gasteiger partial charge in [-0.25, -0.2) is 4.98 Å². The van der Waals surface area contributed by atoms with Crippen molar-refractivity contribution >= 4 is 44.5 Å². The normalized spacial score (nSPS) is 12.8. The summed E-state index contributed by atoms with van der Waals surface area (Å²) < 4.78 is 6.21. The molecule has 3 aromatic carbocycles. The van der Waals surface area contributed by atoms with Gasteiger partial charge in [0.2, 0.25) is 0 Å². The van der Waals surface area contributed by atoms with Crippen molar-refractivity contribution in [2.24, 2.45) is 0 Å². The maximum atomic E-state index is 6.21. The molecule has 0 radical (unpaired) electrons. The van der Waals surface area contributed by atoms with Crippen molar-refractivity contribution in [3.63, 3.8) is 0 Å². The molecule has 0 aliphatic carbocycles. The van der Waals surface area contributed by atoms with Crippen molar-refractivity contribution in [2.75, 3.05) is 0 Å². The van der Waals surface area contributed by atoms with E-state index in [1.165, 1.54) is 37.6 Å². The van der Waals surface area contributed by atoms with E-state index in [9.17, 15) is 0 Å². The second-order valence-corrected chi connectivity index (χ2v) is 7.07. The molecule has 2 nitrogen and oxygen atoms in total. The van der Waals surface area contributed by atoms with Crippen molar-refractivity contribution in [1.29, 1.82) is 0 Å². The highest BCUT2D eigenvalue weighted by Gasteiger charge is 2.23. The van der Waals surface area contributed by atoms with Gasteiger partial charge >= 0.3 is 0 Å². The molecule has 0 amide bonds. The minimum Gasteiger partial charge on any atom is -0.455 e. The highest BCUT2D eigenvalue weighted by Crippen LogP contribution is 2.49. The van der Waals surface area contributed by atoms with E-state index in [0.29, 0.717) is 0 Å². The predicted octanol–water partition coefficient (Wildman–Crippen LogP) is 6.27. The number of nitrogens with zero attached hydrogens (tertiary/aromatic N) is 1. The van der Waals surface area contributed by atoms with Crippen LogP contribution >= 0.6 is 11.8 Å². The number of aromatic nitrogens is 1. The van der Waals surface area contributed by atoms with Gasteiger partial charge < -0.3 is 4.42 Å². The average molecular weight is 325 g/mol. The van der Waals surface area contributed by atoms with Crippen molar-refractivity contribution in [3.8, 4) is 11.1 Å². The Morgan fingerprint density at radius 2 is 1.71 bits per heavy atom. The lowest BCUT2D eigenvalue weighted by Gasteiger charge is -2.19. The summed E-state index contributed by atoms with van der Waals surface area (Å²) in [6, 6.07) is 21.1. The molecule has 0 fully saturated rings. The van der Waals surface area contributed by atoms with Crippen molar-refractivity contribution in [2.45, 2.75) is 9.92 Å². The van der Waals surface area contributed by atoms with E-state index in [-0.39, 0.29) is 0 Å². The van der Waals surface area contributed by atoms with Crippen LogP contribution in [0.2, 0.25) is 0 Å². The molecule has 3 heteroatoms. The molecule has 0 bridgehead atoms. The fourth-order valence-corrected chi connectivity index (χ4v) is 4.78. The summed E-state index contributed by atoms with van der Waals surface area (Å²) in [4.78, 5) is 5.82. The lowest BCUT2D eigenvalue weighted by molar-refractivity contribution is 0.672. The maximum absolute atomic E-state index is 6.21. The number of rotatable bonds is 0. The summed E-state index contributed by atoms with van der Waals surface area (Å²) in [6.45, 7) is 0. The number of hydrogen-bond acceptors (Lipinski definition) is 3. The Labute approximate surface area is 142 Å². The Morgan fingerprint density at radius 1 is 0.792 bits per heavy atom. The Morgan fingerprint density at radius 3 is 2.71 bits per heavy atom. The minimum absolute atomic E-state index is 0.940. The largest absolute Gasteiger partial charge is 0.455 e. The first-order valence-corrected chi connectivity index (χ1v) is 8.72. The lowest BCUT2D eigenvalue weighted by Crippen LogP contribution is -1.94. The standard InChI is InChI=1S/C21H11NOS/c1-2-8-17-12(5-1)16-11-15-13-7-4-10-22-21(13)24-18-9-3-6-14(19(15)18)20(16)23-17/h1-11H. The first-order valence-electron chi connectivity index (χ1n) is 7.90. The molecule has 0 atom stereocenters. The molecule has 3 heterocycles. The van der Waals surface area contributed by atoms with Gasteiger partial charge in [0.25, 0.3) is 0 Å². The summed E-state index contributed by atoms with van der Waals surface area (Å²) in [5.74, 6) is 0. The molecule has 0 saturated carbocycles. The third-order valence-corrected chi connectivity index (χ3v) is 5.81. The van der Waals surface area contributed by atoms with E-state index in [1.54, 1.807) is 11.8 Å². The highest BCUT2D eigenvalue weighted by molar-refractivity contribution is 7.99. The fraction of sp³-hybridized carbons (Fsp3) is 0. The Kier molecular flexibility index (Phi) is 2.31. The molecular formula is C21H11NOS. The van der Waals surface area contributed by atoms with E-state index < -0.39 is 0 Å². The SMILES string of the molecule is c1cnc2c(c1)-c1cc3c4ccccc4oc3c3cccc(c13)S2. The zero-order chi connectivity index (χ0) is 15.7. The van der Waals surface area contributed by atoms with Crippen LogP contribution in [0.5, 0.6) is 0 Å². The van der Waals surface area contributed by atoms with E-state index in [0.717, 1.165) is 16.2 Å². The van der Waals surface area contributed by atoms with Crippen molar-refractivity contribution < 1.29 is 4.42 Å². The molecule has 1 aliphatic rings. The van der Waals surface area contributed by atoms with Crippen LogP contribution in [0.25, 0.3) is 43.8 Å². The van der Waals surface area contributed by atoms with Crippen LogP contribution in [0.4, 0.5) is 0 Å². The monoisotopic (exact) mass is 325 g/mol. The third kappa shape index (κ3) is 1.50.